The van der Waals surface area contributed by atoms with Crippen molar-refractivity contribution in [2.24, 2.45) is 17.3 Å². The highest BCUT2D eigenvalue weighted by Gasteiger charge is 2.39. The van der Waals surface area contributed by atoms with Crippen molar-refractivity contribution in [2.75, 3.05) is 39.6 Å². The Hall–Kier alpha value is -2.54. The van der Waals surface area contributed by atoms with E-state index < -0.39 is 0 Å². The molecular weight excluding hydrogens is 639 g/mol. The minimum Gasteiger partial charge on any atom is -0.488 e. The van der Waals surface area contributed by atoms with Crippen LogP contribution in [0.1, 0.15) is 116 Å². The number of fused-ring (bicyclic) bond motifs is 4. The van der Waals surface area contributed by atoms with Crippen LogP contribution in [-0.2, 0) is 16.0 Å². The minimum atomic E-state index is -0.374. The molecule has 4 aromatic rings. The Bertz CT molecular complexity index is 1640. The fraction of sp³-hybridized carbons (Fsp3) is 0.636. The average molecular weight is 704 g/mol. The van der Waals surface area contributed by atoms with Gasteiger partial charge < -0.3 is 23.5 Å². The smallest absolute Gasteiger partial charge is 0.180 e. The number of thiophene rings is 1. The fourth-order valence-corrected chi connectivity index (χ4v) is 8.63. The van der Waals surface area contributed by atoms with Crippen LogP contribution in [0.15, 0.2) is 36.4 Å². The van der Waals surface area contributed by atoms with Crippen molar-refractivity contribution in [1.29, 1.82) is 0 Å². The molecule has 2 aromatic heterocycles. The maximum absolute atomic E-state index is 6.87. The highest BCUT2D eigenvalue weighted by molar-refractivity contribution is 7.16. The highest BCUT2D eigenvalue weighted by atomic mass is 32.1. The summed E-state index contributed by atoms with van der Waals surface area (Å²) in [5.74, 6) is 2.93. The van der Waals surface area contributed by atoms with E-state index in [4.69, 9.17) is 18.9 Å². The van der Waals surface area contributed by atoms with Gasteiger partial charge >= 0.3 is 0 Å². The van der Waals surface area contributed by atoms with Crippen molar-refractivity contribution >= 4 is 33.1 Å². The second-order valence-electron chi connectivity index (χ2n) is 15.2. The van der Waals surface area contributed by atoms with Gasteiger partial charge in [-0.1, -0.05) is 104 Å². The SMILES string of the molecule is CCCCCCn1c2ccc(C)cc2c2cc(-c3sc(C)c4c3OCC(COCC(CC)CCC)(COCC(CC)CCCC)CO4)ccc21. The van der Waals surface area contributed by atoms with Crippen LogP contribution in [0.3, 0.4) is 0 Å². The monoisotopic (exact) mass is 703 g/mol. The summed E-state index contributed by atoms with van der Waals surface area (Å²) in [6.07, 6.45) is 13.4. The molecule has 5 rings (SSSR count). The predicted octanol–water partition coefficient (Wildman–Crippen LogP) is 12.6. The van der Waals surface area contributed by atoms with Gasteiger partial charge in [-0.05, 0) is 74.8 Å². The molecule has 1 aliphatic rings. The highest BCUT2D eigenvalue weighted by Crippen LogP contribution is 2.50. The summed E-state index contributed by atoms with van der Waals surface area (Å²) in [6.45, 7) is 20.5. The molecule has 3 unspecified atom stereocenters. The maximum Gasteiger partial charge on any atom is 0.180 e. The quantitative estimate of drug-likeness (QED) is 0.0810. The lowest BCUT2D eigenvalue weighted by Gasteiger charge is -2.32. The van der Waals surface area contributed by atoms with Crippen LogP contribution in [0.5, 0.6) is 11.5 Å². The van der Waals surface area contributed by atoms with E-state index in [0.717, 1.165) is 53.9 Å². The van der Waals surface area contributed by atoms with E-state index in [1.165, 1.54) is 90.7 Å². The third-order valence-electron chi connectivity index (χ3n) is 10.9. The average Bonchev–Trinajstić information content (AvgIpc) is 3.53. The third-order valence-corrected chi connectivity index (χ3v) is 12.0. The molecule has 0 spiro atoms. The zero-order valence-corrected chi connectivity index (χ0v) is 33.2. The molecule has 276 valence electrons. The van der Waals surface area contributed by atoms with Gasteiger partial charge in [-0.3, -0.25) is 0 Å². The normalized spacial score (nSPS) is 17.4. The first-order valence-corrected chi connectivity index (χ1v) is 20.8. The van der Waals surface area contributed by atoms with Crippen LogP contribution < -0.4 is 9.47 Å². The summed E-state index contributed by atoms with van der Waals surface area (Å²) < 4.78 is 29.2. The molecule has 0 bridgehead atoms. The van der Waals surface area contributed by atoms with E-state index in [0.29, 0.717) is 38.3 Å². The van der Waals surface area contributed by atoms with E-state index in [1.54, 1.807) is 11.3 Å². The molecule has 50 heavy (non-hydrogen) atoms. The first-order chi connectivity index (χ1) is 24.4. The number of ether oxygens (including phenoxy) is 4. The fourth-order valence-electron chi connectivity index (χ4n) is 7.59. The van der Waals surface area contributed by atoms with Gasteiger partial charge in [0.15, 0.2) is 11.5 Å². The third kappa shape index (κ3) is 9.27. The largest absolute Gasteiger partial charge is 0.488 e. The van der Waals surface area contributed by atoms with Gasteiger partial charge in [-0.15, -0.1) is 11.3 Å². The molecule has 1 aliphatic heterocycles. The van der Waals surface area contributed by atoms with Gasteiger partial charge in [0.25, 0.3) is 0 Å². The molecule has 3 atom stereocenters. The molecule has 0 N–H and O–H groups in total. The Balaban J connectivity index is 1.41. The summed E-state index contributed by atoms with van der Waals surface area (Å²) in [5.41, 5.74) is 4.75. The Morgan fingerprint density at radius 3 is 2.02 bits per heavy atom. The number of aromatic nitrogens is 1. The van der Waals surface area contributed by atoms with Crippen LogP contribution in [0.4, 0.5) is 0 Å². The second-order valence-corrected chi connectivity index (χ2v) is 16.4. The Labute approximate surface area is 307 Å². The van der Waals surface area contributed by atoms with Crippen molar-refractivity contribution in [3.8, 4) is 21.9 Å². The summed E-state index contributed by atoms with van der Waals surface area (Å²) in [5, 5.41) is 2.65. The molecule has 6 heteroatoms. The van der Waals surface area contributed by atoms with Gasteiger partial charge in [0.1, 0.15) is 13.2 Å². The van der Waals surface area contributed by atoms with E-state index >= 15 is 0 Å². The first kappa shape index (κ1) is 38.7. The Morgan fingerprint density at radius 1 is 0.720 bits per heavy atom. The summed E-state index contributed by atoms with van der Waals surface area (Å²) in [6, 6.07) is 13.9. The maximum atomic E-state index is 6.87. The van der Waals surface area contributed by atoms with Crippen molar-refractivity contribution in [3.63, 3.8) is 0 Å². The lowest BCUT2D eigenvalue weighted by atomic mass is 9.91. The first-order valence-electron chi connectivity index (χ1n) is 19.9. The summed E-state index contributed by atoms with van der Waals surface area (Å²) in [4.78, 5) is 2.30. The molecule has 0 amide bonds. The van der Waals surface area contributed by atoms with Crippen LogP contribution in [0.2, 0.25) is 0 Å². The zero-order chi connectivity index (χ0) is 35.5. The number of unbranched alkanes of at least 4 members (excludes halogenated alkanes) is 4. The molecule has 0 saturated heterocycles. The van der Waals surface area contributed by atoms with Gasteiger partial charge in [0.05, 0.1) is 23.5 Å². The summed E-state index contributed by atoms with van der Waals surface area (Å²) in [7, 11) is 0. The Kier molecular flexibility index (Phi) is 14.5. The standard InChI is InChI=1S/C44H65NO4S/c1-8-13-15-16-23-45-39-21-19-32(6)24-37(39)38-25-36(20-22-40(38)45)43-42-41(33(7)50-43)48-30-44(31-49-42,28-46-26-34(11-4)17-10-3)29-47-27-35(12-5)18-14-9-2/h19-22,24-25,34-35H,8-18,23,26-31H2,1-7H3. The van der Waals surface area contributed by atoms with Gasteiger partial charge in [-0.25, -0.2) is 0 Å². The van der Waals surface area contributed by atoms with Crippen molar-refractivity contribution in [3.05, 3.63) is 46.8 Å². The Morgan fingerprint density at radius 2 is 1.36 bits per heavy atom. The number of benzene rings is 2. The van der Waals surface area contributed by atoms with Gasteiger partial charge in [0, 0.05) is 46.4 Å². The number of nitrogens with zero attached hydrogens (tertiary/aromatic N) is 1. The predicted molar refractivity (Wildman–Crippen MR) is 213 cm³/mol. The number of rotatable bonds is 21. The molecule has 0 aliphatic carbocycles. The van der Waals surface area contributed by atoms with Crippen LogP contribution in [0.25, 0.3) is 32.2 Å². The number of aryl methyl sites for hydroxylation is 3. The van der Waals surface area contributed by atoms with Gasteiger partial charge in [0.2, 0.25) is 0 Å². The number of hydrogen-bond donors (Lipinski definition) is 0. The van der Waals surface area contributed by atoms with E-state index in [-0.39, 0.29) is 5.41 Å². The number of hydrogen-bond acceptors (Lipinski definition) is 5. The van der Waals surface area contributed by atoms with Crippen molar-refractivity contribution in [1.82, 2.24) is 4.57 Å². The van der Waals surface area contributed by atoms with Crippen molar-refractivity contribution < 1.29 is 18.9 Å². The lowest BCUT2D eigenvalue weighted by Crippen LogP contribution is -2.43. The molecule has 0 fully saturated rings. The van der Waals surface area contributed by atoms with Crippen LogP contribution >= 0.6 is 11.3 Å². The minimum absolute atomic E-state index is 0.374. The second kappa shape index (κ2) is 18.8. The van der Waals surface area contributed by atoms with Crippen molar-refractivity contribution in [2.45, 2.75) is 126 Å². The van der Waals surface area contributed by atoms with Gasteiger partial charge in [-0.2, -0.15) is 0 Å². The molecule has 0 radical (unpaired) electrons. The molecule has 3 heterocycles. The lowest BCUT2D eigenvalue weighted by molar-refractivity contribution is -0.0715. The summed E-state index contributed by atoms with van der Waals surface area (Å²) >= 11 is 1.78. The van der Waals surface area contributed by atoms with Crippen LogP contribution in [-0.4, -0.2) is 44.2 Å². The molecule has 0 saturated carbocycles. The zero-order valence-electron chi connectivity index (χ0n) is 32.3. The van der Waals surface area contributed by atoms with E-state index in [2.05, 4.69) is 89.4 Å². The molecule has 2 aromatic carbocycles. The van der Waals surface area contributed by atoms with Crippen LogP contribution in [0, 0.1) is 31.1 Å². The molecule has 5 nitrogen and oxygen atoms in total. The molecular formula is C44H65NO4S. The topological polar surface area (TPSA) is 41.9 Å². The van der Waals surface area contributed by atoms with E-state index in [9.17, 15) is 0 Å². The van der Waals surface area contributed by atoms with E-state index in [1.807, 2.05) is 0 Å².